The van der Waals surface area contributed by atoms with E-state index in [1.807, 2.05) is 12.1 Å². The summed E-state index contributed by atoms with van der Waals surface area (Å²) in [5, 5.41) is 4.54. The molecule has 26 heavy (non-hydrogen) atoms. The molecule has 0 unspecified atom stereocenters. The van der Waals surface area contributed by atoms with E-state index in [1.54, 1.807) is 23.9 Å². The van der Waals surface area contributed by atoms with Gasteiger partial charge in [-0.25, -0.2) is 8.42 Å². The van der Waals surface area contributed by atoms with E-state index in [9.17, 15) is 8.42 Å². The Kier molecular flexibility index (Phi) is 5.54. The predicted molar refractivity (Wildman–Crippen MR) is 104 cm³/mol. The van der Waals surface area contributed by atoms with Crippen LogP contribution in [0.2, 0.25) is 0 Å². The van der Waals surface area contributed by atoms with Gasteiger partial charge in [0.15, 0.2) is 5.17 Å². The van der Waals surface area contributed by atoms with Crippen LogP contribution in [0.3, 0.4) is 0 Å². The first-order valence-corrected chi connectivity index (χ1v) is 11.7. The Bertz CT molecular complexity index is 776. The summed E-state index contributed by atoms with van der Waals surface area (Å²) < 4.78 is 32.4. The van der Waals surface area contributed by atoms with E-state index in [1.165, 1.54) is 30.0 Å². The molecule has 2 atom stereocenters. The molecule has 4 rings (SSSR count). The van der Waals surface area contributed by atoms with Gasteiger partial charge in [0.2, 0.25) is 10.0 Å². The first-order chi connectivity index (χ1) is 12.6. The lowest BCUT2D eigenvalue weighted by atomic mass is 9.92. The SMILES string of the molecule is O=S(=O)(c1cccc(CSC2=N[C@H]3CCCC[C@@H]3N2)c1)N1CCOCC1. The maximum Gasteiger partial charge on any atom is 0.243 e. The van der Waals surface area contributed by atoms with E-state index in [2.05, 4.69) is 5.32 Å². The summed E-state index contributed by atoms with van der Waals surface area (Å²) in [7, 11) is -3.44. The molecule has 0 spiro atoms. The summed E-state index contributed by atoms with van der Waals surface area (Å²) in [6.45, 7) is 1.76. The monoisotopic (exact) mass is 395 g/mol. The van der Waals surface area contributed by atoms with Crippen molar-refractivity contribution in [2.24, 2.45) is 4.99 Å². The van der Waals surface area contributed by atoms with Crippen LogP contribution in [0.4, 0.5) is 0 Å². The lowest BCUT2D eigenvalue weighted by Gasteiger charge is -2.26. The molecule has 1 aliphatic carbocycles. The van der Waals surface area contributed by atoms with E-state index in [0.29, 0.717) is 43.3 Å². The summed E-state index contributed by atoms with van der Waals surface area (Å²) in [4.78, 5) is 5.17. The minimum atomic E-state index is -3.44. The van der Waals surface area contributed by atoms with Gasteiger partial charge in [-0.15, -0.1) is 0 Å². The van der Waals surface area contributed by atoms with Crippen molar-refractivity contribution < 1.29 is 13.2 Å². The van der Waals surface area contributed by atoms with Gasteiger partial charge in [-0.1, -0.05) is 36.7 Å². The van der Waals surface area contributed by atoms with E-state index in [0.717, 1.165) is 16.5 Å². The quantitative estimate of drug-likeness (QED) is 0.846. The number of sulfonamides is 1. The number of aliphatic imine (C=N–C) groups is 1. The van der Waals surface area contributed by atoms with Crippen LogP contribution in [0.1, 0.15) is 31.2 Å². The van der Waals surface area contributed by atoms with Crippen molar-refractivity contribution in [3.8, 4) is 0 Å². The minimum absolute atomic E-state index is 0.368. The van der Waals surface area contributed by atoms with Gasteiger partial charge >= 0.3 is 0 Å². The Balaban J connectivity index is 1.41. The first kappa shape index (κ1) is 18.3. The summed E-state index contributed by atoms with van der Waals surface area (Å²) in [6, 6.07) is 8.21. The topological polar surface area (TPSA) is 71.0 Å². The number of hydrogen-bond acceptors (Lipinski definition) is 6. The van der Waals surface area contributed by atoms with Crippen LogP contribution in [0.25, 0.3) is 0 Å². The Morgan fingerprint density at radius 3 is 2.85 bits per heavy atom. The second-order valence-corrected chi connectivity index (χ2v) is 9.89. The van der Waals surface area contributed by atoms with Crippen LogP contribution < -0.4 is 5.32 Å². The van der Waals surface area contributed by atoms with Crippen LogP contribution in [0.15, 0.2) is 34.2 Å². The molecular formula is C18H25N3O3S2. The average Bonchev–Trinajstić information content (AvgIpc) is 3.10. The van der Waals surface area contributed by atoms with Crippen molar-refractivity contribution in [3.05, 3.63) is 29.8 Å². The molecule has 0 bridgehead atoms. The highest BCUT2D eigenvalue weighted by molar-refractivity contribution is 8.13. The third-order valence-electron chi connectivity index (χ3n) is 5.20. The van der Waals surface area contributed by atoms with Crippen molar-refractivity contribution in [1.82, 2.24) is 9.62 Å². The van der Waals surface area contributed by atoms with Crippen molar-refractivity contribution in [3.63, 3.8) is 0 Å². The van der Waals surface area contributed by atoms with E-state index < -0.39 is 10.0 Å². The predicted octanol–water partition coefficient (Wildman–Crippen LogP) is 2.21. The number of nitrogens with zero attached hydrogens (tertiary/aromatic N) is 2. The van der Waals surface area contributed by atoms with Crippen molar-refractivity contribution in [1.29, 1.82) is 0 Å². The van der Waals surface area contributed by atoms with Crippen molar-refractivity contribution in [2.45, 2.75) is 48.4 Å². The number of morpholine rings is 1. The molecule has 2 heterocycles. The number of ether oxygens (including phenoxy) is 1. The third-order valence-corrected chi connectivity index (χ3v) is 8.07. The molecular weight excluding hydrogens is 370 g/mol. The van der Waals surface area contributed by atoms with Crippen LogP contribution in [0.5, 0.6) is 0 Å². The number of benzene rings is 1. The smallest absolute Gasteiger partial charge is 0.243 e. The Morgan fingerprint density at radius 2 is 2.04 bits per heavy atom. The van der Waals surface area contributed by atoms with Crippen molar-refractivity contribution >= 4 is 27.0 Å². The normalized spacial score (nSPS) is 26.8. The molecule has 0 amide bonds. The third kappa shape index (κ3) is 3.93. The van der Waals surface area contributed by atoms with Crippen molar-refractivity contribution in [2.75, 3.05) is 26.3 Å². The molecule has 2 aliphatic heterocycles. The number of thioether (sulfide) groups is 1. The zero-order chi connectivity index (χ0) is 18.0. The number of rotatable bonds is 4. The van der Waals surface area contributed by atoms with Crippen LogP contribution in [-0.2, 0) is 20.5 Å². The lowest BCUT2D eigenvalue weighted by molar-refractivity contribution is 0.0730. The fraction of sp³-hybridized carbons (Fsp3) is 0.611. The van der Waals surface area contributed by atoms with Crippen LogP contribution in [0, 0.1) is 0 Å². The highest BCUT2D eigenvalue weighted by Gasteiger charge is 2.31. The minimum Gasteiger partial charge on any atom is -0.379 e. The zero-order valence-corrected chi connectivity index (χ0v) is 16.4. The molecule has 0 aromatic heterocycles. The fourth-order valence-electron chi connectivity index (χ4n) is 3.74. The molecule has 142 valence electrons. The van der Waals surface area contributed by atoms with Gasteiger partial charge in [0.25, 0.3) is 0 Å². The molecule has 1 N–H and O–H groups in total. The van der Waals surface area contributed by atoms with E-state index >= 15 is 0 Å². The summed E-state index contributed by atoms with van der Waals surface area (Å²) >= 11 is 1.67. The Morgan fingerprint density at radius 1 is 1.23 bits per heavy atom. The fourth-order valence-corrected chi connectivity index (χ4v) is 6.15. The first-order valence-electron chi connectivity index (χ1n) is 9.27. The molecule has 0 radical (unpaired) electrons. The van der Waals surface area contributed by atoms with Gasteiger partial charge < -0.3 is 10.1 Å². The lowest BCUT2D eigenvalue weighted by Crippen LogP contribution is -2.40. The molecule has 1 aromatic rings. The average molecular weight is 396 g/mol. The summed E-state index contributed by atoms with van der Waals surface area (Å²) in [5.41, 5.74) is 1.00. The highest BCUT2D eigenvalue weighted by atomic mass is 32.2. The standard InChI is InChI=1S/C18H25N3O3S2/c22-26(23,21-8-10-24-11-9-21)15-5-3-4-14(12-15)13-25-18-19-16-6-1-2-7-17(16)20-18/h3-5,12,16-17H,1-2,6-11,13H2,(H,19,20)/t16-,17-/m0/s1. The molecule has 1 saturated heterocycles. The number of amidine groups is 1. The summed E-state index contributed by atoms with van der Waals surface area (Å²) in [6.07, 6.45) is 4.93. The van der Waals surface area contributed by atoms with E-state index in [4.69, 9.17) is 9.73 Å². The maximum absolute atomic E-state index is 12.8. The molecule has 1 saturated carbocycles. The second kappa shape index (κ2) is 7.88. The zero-order valence-electron chi connectivity index (χ0n) is 14.8. The Labute approximate surface area is 159 Å². The van der Waals surface area contributed by atoms with Crippen LogP contribution >= 0.6 is 11.8 Å². The molecule has 2 fully saturated rings. The number of nitrogens with one attached hydrogen (secondary N) is 1. The van der Waals surface area contributed by atoms with E-state index in [-0.39, 0.29) is 0 Å². The molecule has 3 aliphatic rings. The van der Waals surface area contributed by atoms with Gasteiger partial charge in [-0.05, 0) is 30.5 Å². The molecule has 1 aromatic carbocycles. The highest BCUT2D eigenvalue weighted by Crippen LogP contribution is 2.28. The maximum atomic E-state index is 12.8. The molecule has 6 nitrogen and oxygen atoms in total. The Hall–Kier alpha value is -1.09. The van der Waals surface area contributed by atoms with Gasteiger partial charge in [-0.2, -0.15) is 4.31 Å². The second-order valence-electron chi connectivity index (χ2n) is 6.99. The van der Waals surface area contributed by atoms with Crippen LogP contribution in [-0.4, -0.2) is 56.3 Å². The largest absolute Gasteiger partial charge is 0.379 e. The van der Waals surface area contributed by atoms with Gasteiger partial charge in [0.05, 0.1) is 30.2 Å². The van der Waals surface area contributed by atoms with Gasteiger partial charge in [0, 0.05) is 18.8 Å². The number of fused-ring (bicyclic) bond motifs is 1. The van der Waals surface area contributed by atoms with Gasteiger partial charge in [0.1, 0.15) is 0 Å². The van der Waals surface area contributed by atoms with Gasteiger partial charge in [-0.3, -0.25) is 4.99 Å². The molecule has 8 heteroatoms. The summed E-state index contributed by atoms with van der Waals surface area (Å²) in [5.74, 6) is 0.720. The number of hydrogen-bond donors (Lipinski definition) is 1.